The van der Waals surface area contributed by atoms with Crippen LogP contribution in [-0.4, -0.2) is 21.6 Å². The van der Waals surface area contributed by atoms with E-state index in [4.69, 9.17) is 0 Å². The first kappa shape index (κ1) is 23.8. The molecule has 32 heavy (non-hydrogen) atoms. The van der Waals surface area contributed by atoms with Crippen LogP contribution in [-0.2, 0) is 11.2 Å². The minimum Gasteiger partial charge on any atom is -0.325 e. The van der Waals surface area contributed by atoms with Gasteiger partial charge < -0.3 is 10.3 Å². The Labute approximate surface area is 194 Å². The fourth-order valence-electron chi connectivity index (χ4n) is 3.67. The Morgan fingerprint density at radius 3 is 2.19 bits per heavy atom. The highest BCUT2D eigenvalue weighted by molar-refractivity contribution is 7.99. The molecular weight excluding hydrogens is 418 g/mol. The van der Waals surface area contributed by atoms with Crippen LogP contribution in [0.15, 0.2) is 58.5 Å². The second kappa shape index (κ2) is 10.6. The number of benzene rings is 2. The quantitative estimate of drug-likeness (QED) is 0.344. The summed E-state index contributed by atoms with van der Waals surface area (Å²) in [6, 6.07) is 16.0. The number of amides is 1. The van der Waals surface area contributed by atoms with Crippen molar-refractivity contribution in [3.63, 3.8) is 0 Å². The average molecular weight is 450 g/mol. The number of thioether (sulfide) groups is 1. The van der Waals surface area contributed by atoms with E-state index < -0.39 is 0 Å². The Morgan fingerprint density at radius 1 is 1.00 bits per heavy atom. The van der Waals surface area contributed by atoms with Gasteiger partial charge in [-0.15, -0.1) is 0 Å². The fraction of sp³-hybridized carbons (Fsp3) is 0.346. The van der Waals surface area contributed by atoms with E-state index in [9.17, 15) is 9.59 Å². The minimum atomic E-state index is -0.156. The number of para-hydroxylation sites is 1. The number of anilines is 1. The van der Waals surface area contributed by atoms with Gasteiger partial charge in [0.05, 0.1) is 5.75 Å². The van der Waals surface area contributed by atoms with Crippen LogP contribution in [0, 0.1) is 6.92 Å². The lowest BCUT2D eigenvalue weighted by Gasteiger charge is -2.20. The van der Waals surface area contributed by atoms with E-state index in [1.54, 1.807) is 0 Å². The lowest BCUT2D eigenvalue weighted by Crippen LogP contribution is -2.20. The lowest BCUT2D eigenvalue weighted by molar-refractivity contribution is -0.113. The van der Waals surface area contributed by atoms with E-state index in [-0.39, 0.29) is 17.2 Å². The number of nitrogens with zero attached hydrogens (tertiary/aromatic N) is 1. The van der Waals surface area contributed by atoms with Crippen molar-refractivity contribution in [1.82, 2.24) is 9.97 Å². The largest absolute Gasteiger partial charge is 0.325 e. The number of aromatic nitrogens is 2. The zero-order valence-corrected chi connectivity index (χ0v) is 20.2. The molecule has 0 saturated carbocycles. The second-order valence-electron chi connectivity index (χ2n) is 8.56. The van der Waals surface area contributed by atoms with Gasteiger partial charge in [-0.25, -0.2) is 4.98 Å². The first-order valence-electron chi connectivity index (χ1n) is 11.0. The molecule has 1 amide bonds. The highest BCUT2D eigenvalue weighted by Crippen LogP contribution is 2.32. The van der Waals surface area contributed by atoms with Crippen molar-refractivity contribution >= 4 is 23.4 Å². The SMILES string of the molecule is Cc1nc(SCC(=O)Nc2c(C(C)C)cccc2C(C)C)[nH]c(=O)c1Cc1ccccc1. The molecule has 0 radical (unpaired) electrons. The third-order valence-electron chi connectivity index (χ3n) is 5.40. The van der Waals surface area contributed by atoms with Gasteiger partial charge in [0.2, 0.25) is 5.91 Å². The molecule has 0 saturated heterocycles. The molecule has 1 heterocycles. The Morgan fingerprint density at radius 2 is 1.62 bits per heavy atom. The lowest BCUT2D eigenvalue weighted by atomic mass is 9.92. The molecule has 0 spiro atoms. The summed E-state index contributed by atoms with van der Waals surface area (Å²) in [5.41, 5.74) is 5.40. The summed E-state index contributed by atoms with van der Waals surface area (Å²) >= 11 is 1.24. The Bertz CT molecular complexity index is 1110. The zero-order valence-electron chi connectivity index (χ0n) is 19.4. The van der Waals surface area contributed by atoms with Crippen LogP contribution in [0.1, 0.15) is 67.5 Å². The smallest absolute Gasteiger partial charge is 0.255 e. The summed E-state index contributed by atoms with van der Waals surface area (Å²) in [5, 5.41) is 3.56. The highest BCUT2D eigenvalue weighted by Gasteiger charge is 2.17. The molecule has 5 nitrogen and oxygen atoms in total. The van der Waals surface area contributed by atoms with Gasteiger partial charge >= 0.3 is 0 Å². The summed E-state index contributed by atoms with van der Waals surface area (Å²) in [5.74, 6) is 0.660. The number of hydrogen-bond acceptors (Lipinski definition) is 4. The van der Waals surface area contributed by atoms with Crippen LogP contribution in [0.5, 0.6) is 0 Å². The number of aromatic amines is 1. The van der Waals surface area contributed by atoms with E-state index >= 15 is 0 Å². The first-order valence-corrected chi connectivity index (χ1v) is 11.9. The molecule has 2 N–H and O–H groups in total. The fourth-order valence-corrected chi connectivity index (χ4v) is 4.37. The number of H-pyrrole nitrogens is 1. The summed E-state index contributed by atoms with van der Waals surface area (Å²) in [4.78, 5) is 32.8. The summed E-state index contributed by atoms with van der Waals surface area (Å²) in [6.07, 6.45) is 0.532. The number of aryl methyl sites for hydroxylation is 1. The first-order chi connectivity index (χ1) is 15.3. The second-order valence-corrected chi connectivity index (χ2v) is 9.52. The van der Waals surface area contributed by atoms with Gasteiger partial charge in [-0.2, -0.15) is 0 Å². The van der Waals surface area contributed by atoms with Crippen molar-refractivity contribution in [3.8, 4) is 0 Å². The van der Waals surface area contributed by atoms with E-state index in [0.29, 0.717) is 34.7 Å². The highest BCUT2D eigenvalue weighted by atomic mass is 32.2. The third kappa shape index (κ3) is 5.88. The van der Waals surface area contributed by atoms with Crippen molar-refractivity contribution in [2.75, 3.05) is 11.1 Å². The standard InChI is InChI=1S/C26H31N3O2S/c1-16(2)20-12-9-13-21(17(3)4)24(20)28-23(30)15-32-26-27-18(5)22(25(31)29-26)14-19-10-7-6-8-11-19/h6-13,16-17H,14-15H2,1-5H3,(H,28,30)(H,27,29,31). The van der Waals surface area contributed by atoms with Crippen LogP contribution in [0.3, 0.4) is 0 Å². The van der Waals surface area contributed by atoms with Crippen molar-refractivity contribution in [2.24, 2.45) is 0 Å². The maximum absolute atomic E-state index is 12.8. The molecule has 2 aromatic carbocycles. The van der Waals surface area contributed by atoms with E-state index in [1.807, 2.05) is 43.3 Å². The average Bonchev–Trinajstić information content (AvgIpc) is 2.75. The van der Waals surface area contributed by atoms with Crippen molar-refractivity contribution < 1.29 is 4.79 Å². The number of hydrogen-bond donors (Lipinski definition) is 2. The zero-order chi connectivity index (χ0) is 23.3. The van der Waals surface area contributed by atoms with Gasteiger partial charge in [-0.05, 0) is 35.4 Å². The summed E-state index contributed by atoms with van der Waals surface area (Å²) < 4.78 is 0. The number of rotatable bonds is 8. The van der Waals surface area contributed by atoms with Gasteiger partial charge in [0.15, 0.2) is 5.16 Å². The normalized spacial score (nSPS) is 11.2. The minimum absolute atomic E-state index is 0.112. The molecule has 0 aliphatic carbocycles. The Balaban J connectivity index is 1.71. The number of carbonyl (C=O) groups excluding carboxylic acids is 1. The van der Waals surface area contributed by atoms with E-state index in [1.165, 1.54) is 11.8 Å². The summed E-state index contributed by atoms with van der Waals surface area (Å²) in [6.45, 7) is 10.3. The van der Waals surface area contributed by atoms with Gasteiger partial charge in [0.1, 0.15) is 0 Å². The summed E-state index contributed by atoms with van der Waals surface area (Å²) in [7, 11) is 0. The van der Waals surface area contributed by atoms with Crippen LogP contribution in [0.2, 0.25) is 0 Å². The molecule has 1 aromatic heterocycles. The molecule has 0 aliphatic heterocycles. The molecular formula is C26H31N3O2S. The van der Waals surface area contributed by atoms with Gasteiger partial charge in [-0.3, -0.25) is 9.59 Å². The van der Waals surface area contributed by atoms with Crippen LogP contribution >= 0.6 is 11.8 Å². The molecule has 168 valence electrons. The van der Waals surface area contributed by atoms with Gasteiger partial charge in [0.25, 0.3) is 5.56 Å². The monoisotopic (exact) mass is 449 g/mol. The predicted octanol–water partition coefficient (Wildman–Crippen LogP) is 5.65. The topological polar surface area (TPSA) is 74.8 Å². The number of carbonyl (C=O) groups is 1. The molecule has 0 aliphatic rings. The Hall–Kier alpha value is -2.86. The van der Waals surface area contributed by atoms with Crippen LogP contribution < -0.4 is 10.9 Å². The van der Waals surface area contributed by atoms with Gasteiger partial charge in [-0.1, -0.05) is 88.0 Å². The molecule has 3 rings (SSSR count). The molecule has 0 unspecified atom stereocenters. The van der Waals surface area contributed by atoms with Crippen LogP contribution in [0.4, 0.5) is 5.69 Å². The maximum atomic E-state index is 12.8. The van der Waals surface area contributed by atoms with Crippen molar-refractivity contribution in [3.05, 3.63) is 86.8 Å². The maximum Gasteiger partial charge on any atom is 0.255 e. The molecule has 0 atom stereocenters. The van der Waals surface area contributed by atoms with Crippen molar-refractivity contribution in [1.29, 1.82) is 0 Å². The van der Waals surface area contributed by atoms with E-state index in [0.717, 1.165) is 22.4 Å². The molecule has 0 bridgehead atoms. The van der Waals surface area contributed by atoms with Crippen LogP contribution in [0.25, 0.3) is 0 Å². The molecule has 0 fully saturated rings. The Kier molecular flexibility index (Phi) is 7.91. The third-order valence-corrected chi connectivity index (χ3v) is 6.27. The van der Waals surface area contributed by atoms with Crippen molar-refractivity contribution in [2.45, 2.75) is 58.0 Å². The molecule has 3 aromatic rings. The number of nitrogens with one attached hydrogen (secondary N) is 2. The van der Waals surface area contributed by atoms with Gasteiger partial charge in [0, 0.05) is 23.4 Å². The molecule has 6 heteroatoms. The van der Waals surface area contributed by atoms with E-state index in [2.05, 4.69) is 55.1 Å². The predicted molar refractivity (Wildman–Crippen MR) is 133 cm³/mol.